The Bertz CT molecular complexity index is 1020. The normalized spacial score (nSPS) is 14.2. The standard InChI is InChI=1S/C19H22N6O2/c1-12-14(19(27-3)24(2)23-12)10-25-9-6-16-15(11-25)18(26)22-17(21-16)13-4-7-20-8-5-13/h4-5,7-8H,6,9-11H2,1-3H3,(H,21,22,26). The smallest absolute Gasteiger partial charge is 0.255 e. The Morgan fingerprint density at radius 1 is 1.30 bits per heavy atom. The second kappa shape index (κ2) is 6.96. The van der Waals surface area contributed by atoms with Crippen LogP contribution in [0.4, 0.5) is 0 Å². The zero-order chi connectivity index (χ0) is 19.0. The summed E-state index contributed by atoms with van der Waals surface area (Å²) in [5, 5.41) is 4.43. The SMILES string of the molecule is COc1c(CN2CCc3nc(-c4ccncc4)[nH]c(=O)c3C2)c(C)nn1C. The maximum absolute atomic E-state index is 12.7. The van der Waals surface area contributed by atoms with Crippen molar-refractivity contribution in [3.63, 3.8) is 0 Å². The van der Waals surface area contributed by atoms with Gasteiger partial charge < -0.3 is 9.72 Å². The van der Waals surface area contributed by atoms with Crippen LogP contribution in [0.1, 0.15) is 22.5 Å². The molecule has 0 bridgehead atoms. The van der Waals surface area contributed by atoms with Gasteiger partial charge in [0.2, 0.25) is 5.88 Å². The highest BCUT2D eigenvalue weighted by Gasteiger charge is 2.24. The minimum Gasteiger partial charge on any atom is -0.481 e. The van der Waals surface area contributed by atoms with Crippen molar-refractivity contribution >= 4 is 0 Å². The number of aromatic amines is 1. The van der Waals surface area contributed by atoms with Crippen LogP contribution in [-0.4, -0.2) is 43.3 Å². The van der Waals surface area contributed by atoms with Gasteiger partial charge in [-0.3, -0.25) is 14.7 Å². The third-order valence-electron chi connectivity index (χ3n) is 4.97. The summed E-state index contributed by atoms with van der Waals surface area (Å²) >= 11 is 0. The molecule has 0 spiro atoms. The quantitative estimate of drug-likeness (QED) is 0.752. The number of hydrogen-bond acceptors (Lipinski definition) is 6. The van der Waals surface area contributed by atoms with E-state index in [0.717, 1.165) is 46.9 Å². The Morgan fingerprint density at radius 3 is 2.81 bits per heavy atom. The first-order valence-electron chi connectivity index (χ1n) is 8.88. The van der Waals surface area contributed by atoms with E-state index < -0.39 is 0 Å². The molecule has 1 aliphatic rings. The second-order valence-electron chi connectivity index (χ2n) is 6.73. The molecule has 1 N–H and O–H groups in total. The Kier molecular flexibility index (Phi) is 4.49. The first-order chi connectivity index (χ1) is 13.1. The molecule has 3 aromatic rings. The molecule has 0 amide bonds. The summed E-state index contributed by atoms with van der Waals surface area (Å²) in [4.78, 5) is 26.5. The molecule has 140 valence electrons. The molecule has 8 heteroatoms. The third-order valence-corrected chi connectivity index (χ3v) is 4.97. The van der Waals surface area contributed by atoms with E-state index in [1.807, 2.05) is 26.1 Å². The molecule has 0 atom stereocenters. The number of ether oxygens (including phenoxy) is 1. The van der Waals surface area contributed by atoms with E-state index in [9.17, 15) is 4.79 Å². The van der Waals surface area contributed by atoms with E-state index in [1.165, 1.54) is 0 Å². The molecule has 0 unspecified atom stereocenters. The average molecular weight is 366 g/mol. The highest BCUT2D eigenvalue weighted by Crippen LogP contribution is 2.25. The number of aryl methyl sites for hydroxylation is 2. The van der Waals surface area contributed by atoms with E-state index in [1.54, 1.807) is 24.2 Å². The van der Waals surface area contributed by atoms with E-state index in [4.69, 9.17) is 9.72 Å². The summed E-state index contributed by atoms with van der Waals surface area (Å²) in [5.74, 6) is 1.36. The van der Waals surface area contributed by atoms with Crippen molar-refractivity contribution in [1.82, 2.24) is 29.6 Å². The number of nitrogens with one attached hydrogen (secondary N) is 1. The number of hydrogen-bond donors (Lipinski definition) is 1. The molecule has 0 aliphatic carbocycles. The lowest BCUT2D eigenvalue weighted by atomic mass is 10.1. The fourth-order valence-electron chi connectivity index (χ4n) is 3.60. The van der Waals surface area contributed by atoms with Crippen LogP contribution < -0.4 is 10.3 Å². The number of methoxy groups -OCH3 is 1. The van der Waals surface area contributed by atoms with Gasteiger partial charge in [0.05, 0.1) is 29.6 Å². The van der Waals surface area contributed by atoms with Crippen molar-refractivity contribution in [3.05, 3.63) is 57.4 Å². The molecule has 0 saturated heterocycles. The van der Waals surface area contributed by atoms with Crippen LogP contribution in [0, 0.1) is 6.92 Å². The van der Waals surface area contributed by atoms with Crippen molar-refractivity contribution in [2.45, 2.75) is 26.4 Å². The Balaban J connectivity index is 1.60. The highest BCUT2D eigenvalue weighted by molar-refractivity contribution is 5.54. The number of nitrogens with zero attached hydrogens (tertiary/aromatic N) is 5. The summed E-state index contributed by atoms with van der Waals surface area (Å²) in [5.41, 5.74) is 4.40. The molecular formula is C19H22N6O2. The van der Waals surface area contributed by atoms with Gasteiger partial charge in [0.1, 0.15) is 5.82 Å². The molecule has 4 rings (SSSR count). The van der Waals surface area contributed by atoms with Gasteiger partial charge in [0, 0.05) is 51.1 Å². The topological polar surface area (TPSA) is 88.9 Å². The lowest BCUT2D eigenvalue weighted by molar-refractivity contribution is 0.237. The fourth-order valence-corrected chi connectivity index (χ4v) is 3.60. The van der Waals surface area contributed by atoms with Gasteiger partial charge in [-0.1, -0.05) is 0 Å². The molecular weight excluding hydrogens is 344 g/mol. The zero-order valence-corrected chi connectivity index (χ0v) is 15.7. The van der Waals surface area contributed by atoms with E-state index >= 15 is 0 Å². The van der Waals surface area contributed by atoms with Crippen LogP contribution in [0.2, 0.25) is 0 Å². The fraction of sp³-hybridized carbons (Fsp3) is 0.368. The van der Waals surface area contributed by atoms with Crippen molar-refractivity contribution in [2.24, 2.45) is 7.05 Å². The molecule has 0 radical (unpaired) electrons. The van der Waals surface area contributed by atoms with E-state index in [2.05, 4.69) is 20.0 Å². The van der Waals surface area contributed by atoms with Gasteiger partial charge >= 0.3 is 0 Å². The Morgan fingerprint density at radius 2 is 2.07 bits per heavy atom. The summed E-state index contributed by atoms with van der Waals surface area (Å²) in [6, 6.07) is 3.69. The predicted octanol–water partition coefficient (Wildman–Crippen LogP) is 1.44. The first kappa shape index (κ1) is 17.4. The average Bonchev–Trinajstić information content (AvgIpc) is 2.95. The first-order valence-corrected chi connectivity index (χ1v) is 8.88. The van der Waals surface area contributed by atoms with Gasteiger partial charge in [-0.15, -0.1) is 0 Å². The van der Waals surface area contributed by atoms with Gasteiger partial charge in [0.25, 0.3) is 5.56 Å². The molecule has 3 aromatic heterocycles. The molecule has 27 heavy (non-hydrogen) atoms. The van der Waals surface area contributed by atoms with Crippen molar-refractivity contribution in [3.8, 4) is 17.3 Å². The number of fused-ring (bicyclic) bond motifs is 1. The third kappa shape index (κ3) is 3.23. The predicted molar refractivity (Wildman–Crippen MR) is 100 cm³/mol. The van der Waals surface area contributed by atoms with Crippen LogP contribution in [-0.2, 0) is 26.6 Å². The molecule has 4 heterocycles. The summed E-state index contributed by atoms with van der Waals surface area (Å²) in [6.45, 7) is 4.06. The van der Waals surface area contributed by atoms with E-state index in [0.29, 0.717) is 18.9 Å². The van der Waals surface area contributed by atoms with E-state index in [-0.39, 0.29) is 5.56 Å². The molecule has 8 nitrogen and oxygen atoms in total. The largest absolute Gasteiger partial charge is 0.481 e. The number of rotatable bonds is 4. The van der Waals surface area contributed by atoms with Gasteiger partial charge in [-0.25, -0.2) is 9.67 Å². The molecule has 0 saturated carbocycles. The molecule has 0 fully saturated rings. The van der Waals surface area contributed by atoms with Crippen molar-refractivity contribution in [1.29, 1.82) is 0 Å². The van der Waals surface area contributed by atoms with Gasteiger partial charge in [0.15, 0.2) is 0 Å². The van der Waals surface area contributed by atoms with Gasteiger partial charge in [-0.05, 0) is 19.1 Å². The minimum atomic E-state index is -0.0774. The number of aromatic nitrogens is 5. The van der Waals surface area contributed by atoms with Crippen LogP contribution in [0.25, 0.3) is 11.4 Å². The summed E-state index contributed by atoms with van der Waals surface area (Å²) in [6.07, 6.45) is 4.12. The molecule has 1 aliphatic heterocycles. The van der Waals surface area contributed by atoms with Crippen LogP contribution in [0.5, 0.6) is 5.88 Å². The maximum Gasteiger partial charge on any atom is 0.255 e. The maximum atomic E-state index is 12.7. The monoisotopic (exact) mass is 366 g/mol. The lowest BCUT2D eigenvalue weighted by Gasteiger charge is -2.27. The lowest BCUT2D eigenvalue weighted by Crippen LogP contribution is -2.35. The van der Waals surface area contributed by atoms with Crippen LogP contribution in [0.15, 0.2) is 29.3 Å². The highest BCUT2D eigenvalue weighted by atomic mass is 16.5. The number of H-pyrrole nitrogens is 1. The second-order valence-corrected chi connectivity index (χ2v) is 6.73. The zero-order valence-electron chi connectivity index (χ0n) is 15.7. The number of pyridine rings is 1. The van der Waals surface area contributed by atoms with Crippen LogP contribution in [0.3, 0.4) is 0 Å². The van der Waals surface area contributed by atoms with Crippen LogP contribution >= 0.6 is 0 Å². The molecule has 0 aromatic carbocycles. The van der Waals surface area contributed by atoms with Crippen molar-refractivity contribution in [2.75, 3.05) is 13.7 Å². The van der Waals surface area contributed by atoms with Crippen molar-refractivity contribution < 1.29 is 4.74 Å². The Labute approximate surface area is 156 Å². The van der Waals surface area contributed by atoms with Gasteiger partial charge in [-0.2, -0.15) is 5.10 Å². The Hall–Kier alpha value is -3.00. The minimum absolute atomic E-state index is 0.0774. The summed E-state index contributed by atoms with van der Waals surface area (Å²) in [7, 11) is 3.52. The summed E-state index contributed by atoms with van der Waals surface area (Å²) < 4.78 is 7.23.